The molecule has 0 spiro atoms. The highest BCUT2D eigenvalue weighted by Crippen LogP contribution is 2.35. The van der Waals surface area contributed by atoms with Crippen molar-refractivity contribution in [1.29, 1.82) is 0 Å². The molecule has 0 aliphatic rings. The number of aromatic nitrogens is 3. The molecule has 0 atom stereocenters. The van der Waals surface area contributed by atoms with Gasteiger partial charge in [-0.25, -0.2) is 0 Å². The summed E-state index contributed by atoms with van der Waals surface area (Å²) in [7, 11) is 0. The maximum Gasteiger partial charge on any atom is 0.128 e. The van der Waals surface area contributed by atoms with Gasteiger partial charge in [0.25, 0.3) is 0 Å². The minimum atomic E-state index is 0.824. The number of fused-ring (bicyclic) bond motifs is 1. The van der Waals surface area contributed by atoms with Gasteiger partial charge < -0.3 is 0 Å². The van der Waals surface area contributed by atoms with Gasteiger partial charge in [0.05, 0.1) is 4.47 Å². The van der Waals surface area contributed by atoms with Gasteiger partial charge in [-0.2, -0.15) is 15.4 Å². The lowest BCUT2D eigenvalue weighted by Crippen LogP contribution is -1.76. The molecule has 0 aliphatic carbocycles. The fourth-order valence-electron chi connectivity index (χ4n) is 0.893. The van der Waals surface area contributed by atoms with Gasteiger partial charge in [0.15, 0.2) is 0 Å². The van der Waals surface area contributed by atoms with Crippen LogP contribution in [0.1, 0.15) is 0 Å². The summed E-state index contributed by atoms with van der Waals surface area (Å²) in [4.78, 5) is 0. The lowest BCUT2D eigenvalue weighted by molar-refractivity contribution is 0.959. The Morgan fingerprint density at radius 2 is 1.83 bits per heavy atom. The minimum Gasteiger partial charge on any atom is -0.197 e. The van der Waals surface area contributed by atoms with Crippen molar-refractivity contribution < 1.29 is 0 Å². The molecule has 3 nitrogen and oxygen atoms in total. The first kappa shape index (κ1) is 8.65. The predicted molar refractivity (Wildman–Crippen MR) is 57.0 cm³/mol. The van der Waals surface area contributed by atoms with E-state index in [1.165, 1.54) is 0 Å². The molecule has 62 valence electrons. The molecule has 1 aromatic carbocycles. The Labute approximate surface area is 93.3 Å². The van der Waals surface area contributed by atoms with Crippen molar-refractivity contribution in [2.24, 2.45) is 0 Å². The molecule has 0 aliphatic heterocycles. The number of hydrogen-bond acceptors (Lipinski definition) is 2. The van der Waals surface area contributed by atoms with E-state index in [4.69, 9.17) is 0 Å². The molecule has 0 saturated heterocycles. The molecule has 2 rings (SSSR count). The zero-order valence-electron chi connectivity index (χ0n) is 5.61. The lowest BCUT2D eigenvalue weighted by Gasteiger charge is -1.98. The molecule has 2 aromatic rings. The minimum absolute atomic E-state index is 0.824. The van der Waals surface area contributed by atoms with E-state index in [1.54, 1.807) is 0 Å². The molecule has 0 fully saturated rings. The van der Waals surface area contributed by atoms with E-state index in [1.807, 2.05) is 6.07 Å². The number of benzene rings is 1. The van der Waals surface area contributed by atoms with E-state index in [9.17, 15) is 0 Å². The molecule has 1 heterocycles. The van der Waals surface area contributed by atoms with Crippen LogP contribution >= 0.6 is 47.8 Å². The zero-order chi connectivity index (χ0) is 8.72. The van der Waals surface area contributed by atoms with Crippen molar-refractivity contribution in [2.45, 2.75) is 0 Å². The standard InChI is InChI=1S/C6H2Br3N3/c7-2-1-3-6(11-12-10-3)5(9)4(2)8/h1H,(H,10,11,12). The Kier molecular flexibility index (Phi) is 2.22. The molecule has 6 heteroatoms. The molecule has 1 N–H and O–H groups in total. The van der Waals surface area contributed by atoms with Crippen LogP contribution in [0, 0.1) is 0 Å². The highest BCUT2D eigenvalue weighted by atomic mass is 79.9. The summed E-state index contributed by atoms with van der Waals surface area (Å²) in [6, 6.07) is 1.90. The van der Waals surface area contributed by atoms with Crippen LogP contribution in [0.25, 0.3) is 11.0 Å². The van der Waals surface area contributed by atoms with Crippen LogP contribution in [0.3, 0.4) is 0 Å². The van der Waals surface area contributed by atoms with E-state index in [0.717, 1.165) is 24.5 Å². The molecule has 0 bridgehead atoms. The van der Waals surface area contributed by atoms with Gasteiger partial charge in [0.1, 0.15) is 11.0 Å². The van der Waals surface area contributed by atoms with Crippen LogP contribution < -0.4 is 0 Å². The van der Waals surface area contributed by atoms with Crippen LogP contribution in [0.5, 0.6) is 0 Å². The van der Waals surface area contributed by atoms with Gasteiger partial charge in [0.2, 0.25) is 0 Å². The SMILES string of the molecule is Brc1cc2n[nH]nc2c(Br)c1Br. The fourth-order valence-corrected chi connectivity index (χ4v) is 2.38. The molecule has 0 saturated carbocycles. The van der Waals surface area contributed by atoms with Crippen molar-refractivity contribution in [2.75, 3.05) is 0 Å². The summed E-state index contributed by atoms with van der Waals surface area (Å²) in [5.74, 6) is 0. The lowest BCUT2D eigenvalue weighted by atomic mass is 10.3. The summed E-state index contributed by atoms with van der Waals surface area (Å²) in [6.45, 7) is 0. The van der Waals surface area contributed by atoms with Crippen LogP contribution in [0.15, 0.2) is 19.5 Å². The van der Waals surface area contributed by atoms with Crippen molar-refractivity contribution >= 4 is 58.8 Å². The third-order valence-electron chi connectivity index (χ3n) is 1.45. The van der Waals surface area contributed by atoms with Gasteiger partial charge in [-0.15, -0.1) is 0 Å². The highest BCUT2D eigenvalue weighted by molar-refractivity contribution is 9.14. The van der Waals surface area contributed by atoms with Crippen molar-refractivity contribution in [1.82, 2.24) is 15.4 Å². The van der Waals surface area contributed by atoms with Gasteiger partial charge in [0, 0.05) is 8.95 Å². The van der Waals surface area contributed by atoms with Crippen molar-refractivity contribution in [3.63, 3.8) is 0 Å². The zero-order valence-corrected chi connectivity index (χ0v) is 10.4. The summed E-state index contributed by atoms with van der Waals surface area (Å²) < 4.78 is 2.81. The Hall–Kier alpha value is 0.0600. The maximum atomic E-state index is 3.99. The number of rotatable bonds is 0. The van der Waals surface area contributed by atoms with Gasteiger partial charge in [-0.1, -0.05) is 0 Å². The number of nitrogens with zero attached hydrogens (tertiary/aromatic N) is 2. The van der Waals surface area contributed by atoms with Crippen molar-refractivity contribution in [3.8, 4) is 0 Å². The van der Waals surface area contributed by atoms with E-state index >= 15 is 0 Å². The van der Waals surface area contributed by atoms with E-state index in [0.29, 0.717) is 0 Å². The largest absolute Gasteiger partial charge is 0.197 e. The average molecular weight is 356 g/mol. The molecule has 12 heavy (non-hydrogen) atoms. The smallest absolute Gasteiger partial charge is 0.128 e. The first-order chi connectivity index (χ1) is 5.70. The first-order valence-electron chi connectivity index (χ1n) is 3.04. The fraction of sp³-hybridized carbons (Fsp3) is 0. The number of H-pyrrole nitrogens is 1. The van der Waals surface area contributed by atoms with Crippen molar-refractivity contribution in [3.05, 3.63) is 19.5 Å². The van der Waals surface area contributed by atoms with Gasteiger partial charge in [-0.05, 0) is 53.9 Å². The van der Waals surface area contributed by atoms with Gasteiger partial charge in [-0.3, -0.25) is 0 Å². The number of nitrogens with one attached hydrogen (secondary N) is 1. The number of hydrogen-bond donors (Lipinski definition) is 1. The second-order valence-corrected chi connectivity index (χ2v) is 4.62. The van der Waals surface area contributed by atoms with Crippen LogP contribution in [0.4, 0.5) is 0 Å². The Morgan fingerprint density at radius 1 is 1.08 bits per heavy atom. The van der Waals surface area contributed by atoms with E-state index in [-0.39, 0.29) is 0 Å². The molecule has 1 aromatic heterocycles. The van der Waals surface area contributed by atoms with Crippen LogP contribution in [0.2, 0.25) is 0 Å². The van der Waals surface area contributed by atoms with E-state index in [2.05, 4.69) is 63.2 Å². The number of aromatic amines is 1. The molecular weight excluding hydrogens is 354 g/mol. The Balaban J connectivity index is 2.94. The monoisotopic (exact) mass is 353 g/mol. The Bertz CT molecular complexity index is 437. The van der Waals surface area contributed by atoms with Gasteiger partial charge >= 0.3 is 0 Å². The molecule has 0 unspecified atom stereocenters. The second-order valence-electron chi connectivity index (χ2n) is 2.18. The topological polar surface area (TPSA) is 41.6 Å². The summed E-state index contributed by atoms with van der Waals surface area (Å²) >= 11 is 10.2. The normalized spacial score (nSPS) is 10.9. The summed E-state index contributed by atoms with van der Waals surface area (Å²) in [5, 5.41) is 10.5. The molecule has 0 amide bonds. The molecular formula is C6H2Br3N3. The third kappa shape index (κ3) is 1.22. The quantitative estimate of drug-likeness (QED) is 0.737. The number of halogens is 3. The maximum absolute atomic E-state index is 3.99. The predicted octanol–water partition coefficient (Wildman–Crippen LogP) is 3.25. The molecule has 0 radical (unpaired) electrons. The third-order valence-corrected chi connectivity index (χ3v) is 4.73. The highest BCUT2D eigenvalue weighted by Gasteiger charge is 2.09. The van der Waals surface area contributed by atoms with E-state index < -0.39 is 0 Å². The Morgan fingerprint density at radius 3 is 2.58 bits per heavy atom. The second kappa shape index (κ2) is 3.08. The summed E-state index contributed by atoms with van der Waals surface area (Å²) in [5.41, 5.74) is 1.65. The first-order valence-corrected chi connectivity index (χ1v) is 5.42. The van der Waals surface area contributed by atoms with Crippen LogP contribution in [-0.2, 0) is 0 Å². The van der Waals surface area contributed by atoms with Crippen LogP contribution in [-0.4, -0.2) is 15.4 Å². The average Bonchev–Trinajstić information content (AvgIpc) is 2.48. The summed E-state index contributed by atoms with van der Waals surface area (Å²) in [6.07, 6.45) is 0.